The zero-order valence-electron chi connectivity index (χ0n) is 19.5. The highest BCUT2D eigenvalue weighted by Gasteiger charge is 2.42. The standard InChI is InChI=1S/C25H27F4N5O/c1-16-11-17(2)14-33(13-16)15-19-5-3-18(4-6-19)12-30-24(35)22-23(25(27,28)29)34(32-31-22)21-9-7-20(26)8-10-21/h3-10,16-17H,11-15H2,1-2H3,(H,30,35). The van der Waals surface area contributed by atoms with Crippen LogP contribution < -0.4 is 5.32 Å². The molecule has 0 aliphatic carbocycles. The van der Waals surface area contributed by atoms with E-state index in [4.69, 9.17) is 0 Å². The monoisotopic (exact) mass is 489 g/mol. The Hall–Kier alpha value is -3.27. The van der Waals surface area contributed by atoms with Gasteiger partial charge in [-0.05, 0) is 53.6 Å². The number of likely N-dealkylation sites (tertiary alicyclic amines) is 1. The zero-order chi connectivity index (χ0) is 25.2. The molecule has 35 heavy (non-hydrogen) atoms. The average Bonchev–Trinajstić information content (AvgIpc) is 3.24. The second-order valence-corrected chi connectivity index (χ2v) is 9.31. The number of nitrogens with zero attached hydrogens (tertiary/aromatic N) is 4. The number of hydrogen-bond acceptors (Lipinski definition) is 4. The number of amides is 1. The van der Waals surface area contributed by atoms with Gasteiger partial charge < -0.3 is 5.32 Å². The van der Waals surface area contributed by atoms with E-state index >= 15 is 0 Å². The van der Waals surface area contributed by atoms with Crippen molar-refractivity contribution in [3.05, 3.63) is 76.9 Å². The molecule has 186 valence electrons. The summed E-state index contributed by atoms with van der Waals surface area (Å²) in [6.07, 6.45) is -3.65. The topological polar surface area (TPSA) is 63.1 Å². The molecule has 0 saturated carbocycles. The van der Waals surface area contributed by atoms with Gasteiger partial charge in [-0.25, -0.2) is 9.07 Å². The minimum absolute atomic E-state index is 0.0393. The van der Waals surface area contributed by atoms with Crippen molar-refractivity contribution in [3.8, 4) is 5.69 Å². The fourth-order valence-electron chi connectivity index (χ4n) is 4.66. The molecule has 10 heteroatoms. The summed E-state index contributed by atoms with van der Waals surface area (Å²) in [5.41, 5.74) is -0.322. The first-order chi connectivity index (χ1) is 16.6. The quantitative estimate of drug-likeness (QED) is 0.504. The van der Waals surface area contributed by atoms with Gasteiger partial charge in [0.15, 0.2) is 11.4 Å². The minimum Gasteiger partial charge on any atom is -0.346 e. The van der Waals surface area contributed by atoms with Crippen LogP contribution >= 0.6 is 0 Å². The lowest BCUT2D eigenvalue weighted by atomic mass is 9.91. The summed E-state index contributed by atoms with van der Waals surface area (Å²) in [4.78, 5) is 15.0. The van der Waals surface area contributed by atoms with E-state index in [1.54, 1.807) is 0 Å². The van der Waals surface area contributed by atoms with Gasteiger partial charge in [0.05, 0.1) is 5.69 Å². The lowest BCUT2D eigenvalue weighted by molar-refractivity contribution is -0.143. The first-order valence-corrected chi connectivity index (χ1v) is 11.5. The van der Waals surface area contributed by atoms with Gasteiger partial charge in [0, 0.05) is 26.2 Å². The zero-order valence-corrected chi connectivity index (χ0v) is 19.5. The SMILES string of the molecule is CC1CC(C)CN(Cc2ccc(CNC(=O)c3nnn(-c4ccc(F)cc4)c3C(F)(F)F)cc2)C1. The third-order valence-corrected chi connectivity index (χ3v) is 6.05. The normalized spacial score (nSPS) is 19.0. The third-order valence-electron chi connectivity index (χ3n) is 6.05. The van der Waals surface area contributed by atoms with Crippen LogP contribution in [0.3, 0.4) is 0 Å². The van der Waals surface area contributed by atoms with Crippen molar-refractivity contribution in [2.75, 3.05) is 13.1 Å². The van der Waals surface area contributed by atoms with Crippen LogP contribution in [0, 0.1) is 17.7 Å². The van der Waals surface area contributed by atoms with Gasteiger partial charge in [-0.15, -0.1) is 5.10 Å². The molecule has 0 spiro atoms. The highest BCUT2D eigenvalue weighted by molar-refractivity contribution is 5.93. The van der Waals surface area contributed by atoms with Crippen LogP contribution in [0.2, 0.25) is 0 Å². The number of halogens is 4. The van der Waals surface area contributed by atoms with Crippen molar-refractivity contribution >= 4 is 5.91 Å². The van der Waals surface area contributed by atoms with Crippen molar-refractivity contribution in [1.82, 2.24) is 25.2 Å². The molecule has 1 amide bonds. The van der Waals surface area contributed by atoms with Crippen molar-refractivity contribution in [2.24, 2.45) is 11.8 Å². The Morgan fingerprint density at radius 2 is 1.60 bits per heavy atom. The summed E-state index contributed by atoms with van der Waals surface area (Å²) in [5, 5.41) is 9.45. The molecule has 1 aliphatic rings. The van der Waals surface area contributed by atoms with E-state index in [0.29, 0.717) is 16.5 Å². The average molecular weight is 490 g/mol. The molecule has 2 atom stereocenters. The Morgan fingerprint density at radius 3 is 2.20 bits per heavy atom. The second-order valence-electron chi connectivity index (χ2n) is 9.31. The molecule has 1 saturated heterocycles. The molecular weight excluding hydrogens is 462 g/mol. The molecule has 1 aromatic heterocycles. The van der Waals surface area contributed by atoms with Gasteiger partial charge in [-0.2, -0.15) is 13.2 Å². The molecule has 3 aromatic rings. The van der Waals surface area contributed by atoms with Crippen LogP contribution in [0.1, 0.15) is 47.6 Å². The maximum absolute atomic E-state index is 13.8. The van der Waals surface area contributed by atoms with Gasteiger partial charge in [0.2, 0.25) is 0 Å². The molecule has 2 heterocycles. The van der Waals surface area contributed by atoms with Crippen molar-refractivity contribution in [3.63, 3.8) is 0 Å². The van der Waals surface area contributed by atoms with Gasteiger partial charge in [0.1, 0.15) is 5.82 Å². The number of hydrogen-bond donors (Lipinski definition) is 1. The van der Waals surface area contributed by atoms with E-state index in [2.05, 4.69) is 34.4 Å². The van der Waals surface area contributed by atoms with Crippen LogP contribution in [-0.2, 0) is 19.3 Å². The van der Waals surface area contributed by atoms with E-state index in [1.165, 1.54) is 6.42 Å². The van der Waals surface area contributed by atoms with Gasteiger partial charge in [0.25, 0.3) is 5.91 Å². The molecule has 2 aromatic carbocycles. The Kier molecular flexibility index (Phi) is 7.20. The fraction of sp³-hybridized carbons (Fsp3) is 0.400. The van der Waals surface area contributed by atoms with Crippen LogP contribution in [0.5, 0.6) is 0 Å². The lowest BCUT2D eigenvalue weighted by Gasteiger charge is -2.35. The lowest BCUT2D eigenvalue weighted by Crippen LogP contribution is -2.38. The number of piperidine rings is 1. The number of nitrogens with one attached hydrogen (secondary N) is 1. The highest BCUT2D eigenvalue weighted by atomic mass is 19.4. The van der Waals surface area contributed by atoms with Gasteiger partial charge >= 0.3 is 6.18 Å². The molecule has 6 nitrogen and oxygen atoms in total. The predicted octanol–water partition coefficient (Wildman–Crippen LogP) is 4.83. The van der Waals surface area contributed by atoms with Crippen LogP contribution in [0.4, 0.5) is 17.6 Å². The van der Waals surface area contributed by atoms with Crippen molar-refractivity contribution < 1.29 is 22.4 Å². The minimum atomic E-state index is -4.89. The van der Waals surface area contributed by atoms with Crippen LogP contribution in [0.15, 0.2) is 48.5 Å². The summed E-state index contributed by atoms with van der Waals surface area (Å²) >= 11 is 0. The highest BCUT2D eigenvalue weighted by Crippen LogP contribution is 2.32. The molecule has 2 unspecified atom stereocenters. The molecule has 1 N–H and O–H groups in total. The summed E-state index contributed by atoms with van der Waals surface area (Å²) in [7, 11) is 0. The number of benzene rings is 2. The van der Waals surface area contributed by atoms with E-state index in [1.807, 2.05) is 24.3 Å². The smallest absolute Gasteiger partial charge is 0.346 e. The predicted molar refractivity (Wildman–Crippen MR) is 122 cm³/mol. The molecular formula is C25H27F4N5O. The Bertz CT molecular complexity index is 1150. The van der Waals surface area contributed by atoms with E-state index in [9.17, 15) is 22.4 Å². The molecule has 0 radical (unpaired) electrons. The number of carbonyl (C=O) groups excluding carboxylic acids is 1. The number of alkyl halides is 3. The summed E-state index contributed by atoms with van der Waals surface area (Å²) < 4.78 is 54.9. The Balaban J connectivity index is 1.42. The largest absolute Gasteiger partial charge is 0.435 e. The summed E-state index contributed by atoms with van der Waals surface area (Å²) in [5.74, 6) is -0.274. The van der Waals surface area contributed by atoms with E-state index < -0.39 is 29.3 Å². The Morgan fingerprint density at radius 1 is 1.00 bits per heavy atom. The van der Waals surface area contributed by atoms with Crippen molar-refractivity contribution in [1.29, 1.82) is 0 Å². The van der Waals surface area contributed by atoms with E-state index in [-0.39, 0.29) is 12.2 Å². The molecule has 4 rings (SSSR count). The van der Waals surface area contributed by atoms with Crippen LogP contribution in [-0.4, -0.2) is 38.9 Å². The Labute approximate surface area is 200 Å². The maximum Gasteiger partial charge on any atom is 0.435 e. The summed E-state index contributed by atoms with van der Waals surface area (Å²) in [6, 6.07) is 11.9. The van der Waals surface area contributed by atoms with E-state index in [0.717, 1.165) is 55.0 Å². The number of carbonyl (C=O) groups is 1. The molecule has 1 aliphatic heterocycles. The number of rotatable bonds is 6. The van der Waals surface area contributed by atoms with Gasteiger partial charge in [-0.3, -0.25) is 9.69 Å². The first-order valence-electron chi connectivity index (χ1n) is 11.5. The summed E-state index contributed by atoms with van der Waals surface area (Å²) in [6.45, 7) is 7.51. The molecule has 1 fully saturated rings. The fourth-order valence-corrected chi connectivity index (χ4v) is 4.66. The number of aromatic nitrogens is 3. The first kappa shape index (κ1) is 24.8. The third kappa shape index (κ3) is 6.05. The maximum atomic E-state index is 13.8. The van der Waals surface area contributed by atoms with Crippen molar-refractivity contribution in [2.45, 2.75) is 39.5 Å². The van der Waals surface area contributed by atoms with Gasteiger partial charge in [-0.1, -0.05) is 43.3 Å². The van der Waals surface area contributed by atoms with Crippen LogP contribution in [0.25, 0.3) is 5.69 Å². The molecule has 0 bridgehead atoms. The second kappa shape index (κ2) is 10.2.